The predicted octanol–water partition coefficient (Wildman–Crippen LogP) is 3.59. The van der Waals surface area contributed by atoms with Gasteiger partial charge in [0, 0.05) is 12.0 Å². The van der Waals surface area contributed by atoms with E-state index in [4.69, 9.17) is 4.74 Å². The van der Waals surface area contributed by atoms with E-state index < -0.39 is 0 Å². The number of benzene rings is 1. The third-order valence-corrected chi connectivity index (χ3v) is 4.18. The molecule has 0 aliphatic rings. The average molecular weight is 249 g/mol. The molecule has 1 aromatic carbocycles. The quantitative estimate of drug-likeness (QED) is 0.832. The van der Waals surface area contributed by atoms with Gasteiger partial charge in [-0.15, -0.1) is 0 Å². The van der Waals surface area contributed by atoms with Crippen molar-refractivity contribution in [1.82, 2.24) is 5.32 Å². The van der Waals surface area contributed by atoms with Crippen molar-refractivity contribution in [2.24, 2.45) is 0 Å². The Kier molecular flexibility index (Phi) is 5.21. The minimum absolute atomic E-state index is 0.232. The van der Waals surface area contributed by atoms with Gasteiger partial charge in [0.2, 0.25) is 0 Å². The Hall–Kier alpha value is -1.02. The molecule has 0 spiro atoms. The fourth-order valence-corrected chi connectivity index (χ4v) is 2.90. The Bertz CT molecular complexity index is 394. The molecule has 0 radical (unpaired) electrons. The van der Waals surface area contributed by atoms with Crippen molar-refractivity contribution in [2.75, 3.05) is 20.7 Å². The fraction of sp³-hybridized carbons (Fsp3) is 0.625. The molecule has 2 nitrogen and oxygen atoms in total. The van der Waals surface area contributed by atoms with Crippen LogP contribution < -0.4 is 10.1 Å². The molecule has 0 amide bonds. The second-order valence-corrected chi connectivity index (χ2v) is 5.15. The summed E-state index contributed by atoms with van der Waals surface area (Å²) >= 11 is 0. The lowest BCUT2D eigenvalue weighted by molar-refractivity contribution is 0.376. The Morgan fingerprint density at radius 1 is 1.11 bits per heavy atom. The monoisotopic (exact) mass is 249 g/mol. The molecule has 0 aliphatic heterocycles. The number of nitrogens with one attached hydrogen (secondary N) is 1. The normalized spacial score (nSPS) is 11.7. The molecule has 0 aliphatic carbocycles. The standard InChI is InChI=1S/C16H27NO/c1-7-16(8-2,11-17-5)14-9-13(4)15(18-6)10-12(14)3/h9-10,17H,7-8,11H2,1-6H3. The molecule has 1 rings (SSSR count). The van der Waals surface area contributed by atoms with Crippen LogP contribution in [0.2, 0.25) is 0 Å². The minimum atomic E-state index is 0.232. The number of hydrogen-bond donors (Lipinski definition) is 1. The van der Waals surface area contributed by atoms with Gasteiger partial charge in [0.15, 0.2) is 0 Å². The van der Waals surface area contributed by atoms with E-state index in [1.54, 1.807) is 7.11 Å². The molecule has 0 aromatic heterocycles. The van der Waals surface area contributed by atoms with E-state index in [0.717, 1.165) is 25.1 Å². The molecule has 0 unspecified atom stereocenters. The number of rotatable bonds is 6. The maximum atomic E-state index is 5.41. The Balaban J connectivity index is 3.32. The Morgan fingerprint density at radius 3 is 2.17 bits per heavy atom. The van der Waals surface area contributed by atoms with Crippen LogP contribution in [0.1, 0.15) is 43.4 Å². The van der Waals surface area contributed by atoms with Gasteiger partial charge >= 0.3 is 0 Å². The summed E-state index contributed by atoms with van der Waals surface area (Å²) in [4.78, 5) is 0. The molecule has 18 heavy (non-hydrogen) atoms. The van der Waals surface area contributed by atoms with Crippen LogP contribution in [-0.2, 0) is 5.41 Å². The lowest BCUT2D eigenvalue weighted by Crippen LogP contribution is -2.36. The van der Waals surface area contributed by atoms with Gasteiger partial charge < -0.3 is 10.1 Å². The van der Waals surface area contributed by atoms with Gasteiger partial charge in [0.25, 0.3) is 0 Å². The van der Waals surface area contributed by atoms with Crippen LogP contribution in [0.4, 0.5) is 0 Å². The molecule has 0 heterocycles. The van der Waals surface area contributed by atoms with E-state index in [9.17, 15) is 0 Å². The number of hydrogen-bond acceptors (Lipinski definition) is 2. The van der Waals surface area contributed by atoms with Gasteiger partial charge in [-0.1, -0.05) is 19.9 Å². The maximum Gasteiger partial charge on any atom is 0.122 e. The summed E-state index contributed by atoms with van der Waals surface area (Å²) in [6.45, 7) is 9.89. The molecule has 102 valence electrons. The highest BCUT2D eigenvalue weighted by Crippen LogP contribution is 2.36. The molecule has 0 saturated heterocycles. The number of ether oxygens (including phenoxy) is 1. The number of likely N-dealkylation sites (N-methyl/N-ethyl adjacent to an activating group) is 1. The van der Waals surface area contributed by atoms with E-state index in [2.05, 4.69) is 45.1 Å². The molecule has 0 fully saturated rings. The molecular formula is C16H27NO. The second-order valence-electron chi connectivity index (χ2n) is 5.15. The molecular weight excluding hydrogens is 222 g/mol. The van der Waals surface area contributed by atoms with Crippen LogP contribution in [0.5, 0.6) is 5.75 Å². The summed E-state index contributed by atoms with van der Waals surface area (Å²) in [6, 6.07) is 4.47. The van der Waals surface area contributed by atoms with Gasteiger partial charge in [-0.3, -0.25) is 0 Å². The molecule has 0 atom stereocenters. The van der Waals surface area contributed by atoms with Gasteiger partial charge in [-0.25, -0.2) is 0 Å². The largest absolute Gasteiger partial charge is 0.496 e. The fourth-order valence-electron chi connectivity index (χ4n) is 2.90. The third-order valence-electron chi connectivity index (χ3n) is 4.18. The van der Waals surface area contributed by atoms with Crippen molar-refractivity contribution in [3.8, 4) is 5.75 Å². The van der Waals surface area contributed by atoms with Gasteiger partial charge in [-0.05, 0) is 56.5 Å². The molecule has 2 heteroatoms. The highest BCUT2D eigenvalue weighted by atomic mass is 16.5. The molecule has 1 N–H and O–H groups in total. The SMILES string of the molecule is CCC(CC)(CNC)c1cc(C)c(OC)cc1C. The van der Waals surface area contributed by atoms with E-state index in [1.165, 1.54) is 16.7 Å². The molecule has 1 aromatic rings. The lowest BCUT2D eigenvalue weighted by Gasteiger charge is -2.34. The lowest BCUT2D eigenvalue weighted by atomic mass is 9.73. The zero-order valence-electron chi connectivity index (χ0n) is 12.7. The summed E-state index contributed by atoms with van der Waals surface area (Å²) < 4.78 is 5.41. The maximum absolute atomic E-state index is 5.41. The van der Waals surface area contributed by atoms with Crippen LogP contribution in [-0.4, -0.2) is 20.7 Å². The smallest absolute Gasteiger partial charge is 0.122 e. The van der Waals surface area contributed by atoms with Crippen LogP contribution in [0.15, 0.2) is 12.1 Å². The van der Waals surface area contributed by atoms with Crippen molar-refractivity contribution in [1.29, 1.82) is 0 Å². The molecule has 0 bridgehead atoms. The van der Waals surface area contributed by atoms with E-state index in [-0.39, 0.29) is 5.41 Å². The van der Waals surface area contributed by atoms with Crippen LogP contribution >= 0.6 is 0 Å². The summed E-state index contributed by atoms with van der Waals surface area (Å²) in [5.41, 5.74) is 4.24. The van der Waals surface area contributed by atoms with E-state index >= 15 is 0 Å². The topological polar surface area (TPSA) is 21.3 Å². The van der Waals surface area contributed by atoms with E-state index in [0.29, 0.717) is 0 Å². The first-order valence-electron chi connectivity index (χ1n) is 6.85. The van der Waals surface area contributed by atoms with Crippen molar-refractivity contribution < 1.29 is 4.74 Å². The van der Waals surface area contributed by atoms with Gasteiger partial charge in [-0.2, -0.15) is 0 Å². The van der Waals surface area contributed by atoms with Crippen molar-refractivity contribution in [2.45, 2.75) is 46.0 Å². The number of methoxy groups -OCH3 is 1. The zero-order chi connectivity index (χ0) is 13.8. The first-order valence-corrected chi connectivity index (χ1v) is 6.85. The van der Waals surface area contributed by atoms with Crippen LogP contribution in [0.3, 0.4) is 0 Å². The first-order chi connectivity index (χ1) is 8.54. The molecule has 0 saturated carbocycles. The first kappa shape index (κ1) is 15.0. The number of aryl methyl sites for hydroxylation is 2. The summed E-state index contributed by atoms with van der Waals surface area (Å²) in [5, 5.41) is 3.35. The van der Waals surface area contributed by atoms with Gasteiger partial charge in [0.05, 0.1) is 7.11 Å². The zero-order valence-corrected chi connectivity index (χ0v) is 12.7. The highest BCUT2D eigenvalue weighted by molar-refractivity contribution is 5.45. The minimum Gasteiger partial charge on any atom is -0.496 e. The van der Waals surface area contributed by atoms with Crippen molar-refractivity contribution in [3.63, 3.8) is 0 Å². The van der Waals surface area contributed by atoms with Crippen LogP contribution in [0, 0.1) is 13.8 Å². The van der Waals surface area contributed by atoms with E-state index in [1.807, 2.05) is 7.05 Å². The van der Waals surface area contributed by atoms with Gasteiger partial charge in [0.1, 0.15) is 5.75 Å². The summed E-state index contributed by atoms with van der Waals surface area (Å²) in [5.74, 6) is 0.988. The van der Waals surface area contributed by atoms with Crippen LogP contribution in [0.25, 0.3) is 0 Å². The average Bonchev–Trinajstić information content (AvgIpc) is 2.38. The van der Waals surface area contributed by atoms with Crippen molar-refractivity contribution >= 4 is 0 Å². The van der Waals surface area contributed by atoms with Crippen molar-refractivity contribution in [3.05, 3.63) is 28.8 Å². The Labute approximate surface area is 112 Å². The third kappa shape index (κ3) is 2.69. The summed E-state index contributed by atoms with van der Waals surface area (Å²) in [7, 11) is 3.77. The predicted molar refractivity (Wildman–Crippen MR) is 78.7 cm³/mol. The second kappa shape index (κ2) is 6.24. The highest BCUT2D eigenvalue weighted by Gasteiger charge is 2.29. The summed E-state index contributed by atoms with van der Waals surface area (Å²) in [6.07, 6.45) is 2.30. The Morgan fingerprint density at radius 2 is 1.72 bits per heavy atom.